The number of halogens is 1. The summed E-state index contributed by atoms with van der Waals surface area (Å²) in [4.78, 5) is 12.3. The van der Waals surface area contributed by atoms with Crippen molar-refractivity contribution in [2.75, 3.05) is 6.26 Å². The smallest absolute Gasteiger partial charge is 0.309 e. The Morgan fingerprint density at radius 2 is 1.96 bits per heavy atom. The lowest BCUT2D eigenvalue weighted by atomic mass is 9.93. The minimum absolute atomic E-state index is 0.0360. The highest BCUT2D eigenvalue weighted by Crippen LogP contribution is 2.48. The van der Waals surface area contributed by atoms with Crippen LogP contribution in [-0.4, -0.2) is 32.8 Å². The number of ether oxygens (including phenoxy) is 1. The maximum Gasteiger partial charge on any atom is 0.309 e. The number of benzene rings is 1. The monoisotopic (exact) mass is 415 g/mol. The highest BCUT2D eigenvalue weighted by Gasteiger charge is 2.46. The molecule has 7 heteroatoms. The van der Waals surface area contributed by atoms with E-state index >= 15 is 0 Å². The summed E-state index contributed by atoms with van der Waals surface area (Å²) in [6, 6.07) is 8.02. The van der Waals surface area contributed by atoms with Gasteiger partial charge in [0.15, 0.2) is 0 Å². The van der Waals surface area contributed by atoms with E-state index in [1.165, 1.54) is 11.8 Å². The van der Waals surface area contributed by atoms with Gasteiger partial charge < -0.3 is 4.74 Å². The van der Waals surface area contributed by atoms with E-state index in [1.54, 1.807) is 0 Å². The highest BCUT2D eigenvalue weighted by atomic mass is 79.9. The first kappa shape index (κ1) is 17.9. The van der Waals surface area contributed by atoms with Crippen LogP contribution in [0.3, 0.4) is 0 Å². The summed E-state index contributed by atoms with van der Waals surface area (Å²) < 4.78 is 31.8. The predicted molar refractivity (Wildman–Crippen MR) is 95.1 cm³/mol. The van der Waals surface area contributed by atoms with Crippen molar-refractivity contribution in [1.29, 1.82) is 0 Å². The fourth-order valence-corrected chi connectivity index (χ4v) is 4.67. The molecule has 2 fully saturated rings. The van der Waals surface area contributed by atoms with Gasteiger partial charge in [-0.2, -0.15) is 0 Å². The number of rotatable bonds is 5. The first-order chi connectivity index (χ1) is 11.3. The average molecular weight is 416 g/mol. The van der Waals surface area contributed by atoms with Gasteiger partial charge in [0, 0.05) is 10.5 Å². The molecule has 2 aliphatic carbocycles. The highest BCUT2D eigenvalue weighted by molar-refractivity contribution is 9.10. The van der Waals surface area contributed by atoms with E-state index in [0.717, 1.165) is 10.9 Å². The van der Waals surface area contributed by atoms with Crippen LogP contribution in [0.2, 0.25) is 0 Å². The third-order valence-electron chi connectivity index (χ3n) is 4.71. The molecule has 5 nitrogen and oxygen atoms in total. The van der Waals surface area contributed by atoms with Gasteiger partial charge in [-0.15, -0.1) is 0 Å². The van der Waals surface area contributed by atoms with Crippen LogP contribution in [0.4, 0.5) is 0 Å². The van der Waals surface area contributed by atoms with Crippen LogP contribution >= 0.6 is 15.9 Å². The molecule has 0 radical (unpaired) electrons. The Hall–Kier alpha value is -0.920. The maximum atomic E-state index is 12.3. The SMILES string of the molecule is CS(=O)(=O)NC1CCC(OC(=O)C2CC2c2cccc(Br)c2)CC1. The summed E-state index contributed by atoms with van der Waals surface area (Å²) >= 11 is 3.46. The van der Waals surface area contributed by atoms with Crippen LogP contribution in [0.1, 0.15) is 43.6 Å². The van der Waals surface area contributed by atoms with Crippen molar-refractivity contribution in [3.63, 3.8) is 0 Å². The van der Waals surface area contributed by atoms with E-state index in [9.17, 15) is 13.2 Å². The molecule has 0 heterocycles. The van der Waals surface area contributed by atoms with Gasteiger partial charge in [-0.1, -0.05) is 28.1 Å². The zero-order chi connectivity index (χ0) is 17.3. The molecule has 1 N–H and O–H groups in total. The van der Waals surface area contributed by atoms with Crippen molar-refractivity contribution in [3.8, 4) is 0 Å². The summed E-state index contributed by atoms with van der Waals surface area (Å²) in [7, 11) is -3.17. The molecule has 1 aromatic rings. The van der Waals surface area contributed by atoms with Crippen molar-refractivity contribution < 1.29 is 17.9 Å². The maximum absolute atomic E-state index is 12.3. The van der Waals surface area contributed by atoms with Gasteiger partial charge in [0.25, 0.3) is 0 Å². The number of sulfonamides is 1. The zero-order valence-corrected chi connectivity index (χ0v) is 16.0. The summed E-state index contributed by atoms with van der Waals surface area (Å²) in [6.45, 7) is 0. The van der Waals surface area contributed by atoms with Gasteiger partial charge in [0.05, 0.1) is 12.2 Å². The van der Waals surface area contributed by atoms with Crippen LogP contribution in [-0.2, 0) is 19.6 Å². The Labute approximate surface area is 151 Å². The number of hydrogen-bond donors (Lipinski definition) is 1. The second-order valence-electron chi connectivity index (χ2n) is 6.80. The molecule has 2 saturated carbocycles. The molecule has 0 spiro atoms. The molecular formula is C17H22BrNO4S. The molecule has 2 aliphatic rings. The number of carbonyl (C=O) groups is 1. The second-order valence-corrected chi connectivity index (χ2v) is 9.50. The average Bonchev–Trinajstić information content (AvgIpc) is 3.28. The number of esters is 1. The van der Waals surface area contributed by atoms with E-state index < -0.39 is 10.0 Å². The number of hydrogen-bond acceptors (Lipinski definition) is 4. The zero-order valence-electron chi connectivity index (χ0n) is 13.6. The minimum Gasteiger partial charge on any atom is -0.462 e. The first-order valence-corrected chi connectivity index (χ1v) is 10.9. The van der Waals surface area contributed by atoms with Crippen molar-refractivity contribution >= 4 is 31.9 Å². The summed E-state index contributed by atoms with van der Waals surface area (Å²) in [5, 5.41) is 0. The Balaban J connectivity index is 1.46. The molecule has 0 amide bonds. The molecule has 132 valence electrons. The molecule has 0 bridgehead atoms. The van der Waals surface area contributed by atoms with E-state index in [1.807, 2.05) is 18.2 Å². The Morgan fingerprint density at radius 1 is 1.25 bits per heavy atom. The van der Waals surface area contributed by atoms with Crippen molar-refractivity contribution in [1.82, 2.24) is 4.72 Å². The Morgan fingerprint density at radius 3 is 2.58 bits per heavy atom. The fraction of sp³-hybridized carbons (Fsp3) is 0.588. The Bertz CT molecular complexity index is 713. The lowest BCUT2D eigenvalue weighted by Gasteiger charge is -2.28. The quantitative estimate of drug-likeness (QED) is 0.750. The lowest BCUT2D eigenvalue weighted by Crippen LogP contribution is -2.39. The largest absolute Gasteiger partial charge is 0.462 e. The molecule has 0 aromatic heterocycles. The molecule has 2 atom stereocenters. The van der Waals surface area contributed by atoms with Gasteiger partial charge in [0.1, 0.15) is 6.10 Å². The molecular weight excluding hydrogens is 394 g/mol. The molecule has 0 aliphatic heterocycles. The Kier molecular flexibility index (Phi) is 5.32. The van der Waals surface area contributed by atoms with Crippen molar-refractivity contribution in [2.45, 2.75) is 50.2 Å². The second kappa shape index (κ2) is 7.14. The van der Waals surface area contributed by atoms with E-state index in [0.29, 0.717) is 25.7 Å². The predicted octanol–water partition coefficient (Wildman–Crippen LogP) is 2.96. The van der Waals surface area contributed by atoms with Gasteiger partial charge in [0.2, 0.25) is 10.0 Å². The molecule has 24 heavy (non-hydrogen) atoms. The normalized spacial score (nSPS) is 29.9. The van der Waals surface area contributed by atoms with Crippen molar-refractivity contribution in [2.24, 2.45) is 5.92 Å². The van der Waals surface area contributed by atoms with E-state index in [2.05, 4.69) is 26.7 Å². The number of nitrogens with one attached hydrogen (secondary N) is 1. The van der Waals surface area contributed by atoms with Gasteiger partial charge >= 0.3 is 5.97 Å². The standard InChI is InChI=1S/C17H22BrNO4S/c1-24(21,22)19-13-5-7-14(8-6-13)23-17(20)16-10-15(16)11-3-2-4-12(18)9-11/h2-4,9,13-16,19H,5-8,10H2,1H3. The van der Waals surface area contributed by atoms with Gasteiger partial charge in [-0.05, 0) is 55.7 Å². The minimum atomic E-state index is -3.17. The van der Waals surface area contributed by atoms with Crippen LogP contribution < -0.4 is 4.72 Å². The molecule has 0 saturated heterocycles. The van der Waals surface area contributed by atoms with Crippen molar-refractivity contribution in [3.05, 3.63) is 34.3 Å². The molecule has 2 unspecified atom stereocenters. The first-order valence-electron chi connectivity index (χ1n) is 8.25. The van der Waals surface area contributed by atoms with Gasteiger partial charge in [-0.3, -0.25) is 4.79 Å². The summed E-state index contributed by atoms with van der Waals surface area (Å²) in [5.41, 5.74) is 1.17. The van der Waals surface area contributed by atoms with Crippen LogP contribution in [0, 0.1) is 5.92 Å². The van der Waals surface area contributed by atoms with Crippen LogP contribution in [0.5, 0.6) is 0 Å². The third kappa shape index (κ3) is 4.80. The summed E-state index contributed by atoms with van der Waals surface area (Å²) in [6.07, 6.45) is 4.80. The molecule has 3 rings (SSSR count). The van der Waals surface area contributed by atoms with Crippen LogP contribution in [0.25, 0.3) is 0 Å². The molecule has 1 aromatic carbocycles. The third-order valence-corrected chi connectivity index (χ3v) is 5.96. The number of carbonyl (C=O) groups excluding carboxylic acids is 1. The summed E-state index contributed by atoms with van der Waals surface area (Å²) in [5.74, 6) is 0.115. The van der Waals surface area contributed by atoms with E-state index in [-0.39, 0.29) is 30.0 Å². The fourth-order valence-electron chi connectivity index (χ4n) is 3.41. The lowest BCUT2D eigenvalue weighted by molar-refractivity contribution is -0.152. The van der Waals surface area contributed by atoms with Crippen LogP contribution in [0.15, 0.2) is 28.7 Å². The van der Waals surface area contributed by atoms with E-state index in [4.69, 9.17) is 4.74 Å². The topological polar surface area (TPSA) is 72.5 Å². The van der Waals surface area contributed by atoms with Gasteiger partial charge in [-0.25, -0.2) is 13.1 Å².